The SMILES string of the molecule is Cc1ccc(OC2CCCN(C(=O)Nc3ccccc3F)C2)nn1. The first kappa shape index (κ1) is 16.2. The van der Waals surface area contributed by atoms with E-state index in [2.05, 4.69) is 15.5 Å². The first-order chi connectivity index (χ1) is 11.6. The van der Waals surface area contributed by atoms with Crippen LogP contribution in [0.2, 0.25) is 0 Å². The molecule has 1 aliphatic rings. The van der Waals surface area contributed by atoms with Gasteiger partial charge < -0.3 is 15.0 Å². The predicted octanol–water partition coefficient (Wildman–Crippen LogP) is 3.00. The zero-order chi connectivity index (χ0) is 16.9. The summed E-state index contributed by atoms with van der Waals surface area (Å²) in [6, 6.07) is 9.37. The highest BCUT2D eigenvalue weighted by Crippen LogP contribution is 2.18. The van der Waals surface area contributed by atoms with Crippen LogP contribution in [0.1, 0.15) is 18.5 Å². The van der Waals surface area contributed by atoms with Crippen LogP contribution in [0, 0.1) is 12.7 Å². The fourth-order valence-corrected chi connectivity index (χ4v) is 2.60. The third kappa shape index (κ3) is 3.98. The Labute approximate surface area is 139 Å². The highest BCUT2D eigenvalue weighted by Gasteiger charge is 2.25. The van der Waals surface area contributed by atoms with Gasteiger partial charge in [-0.3, -0.25) is 0 Å². The van der Waals surface area contributed by atoms with Crippen LogP contribution in [-0.4, -0.2) is 40.3 Å². The Kier molecular flexibility index (Phi) is 4.88. The van der Waals surface area contributed by atoms with Gasteiger partial charge in [0.1, 0.15) is 11.9 Å². The van der Waals surface area contributed by atoms with Crippen LogP contribution in [0.3, 0.4) is 0 Å². The van der Waals surface area contributed by atoms with Gasteiger partial charge in [-0.1, -0.05) is 12.1 Å². The van der Waals surface area contributed by atoms with Gasteiger partial charge in [-0.05, 0) is 38.0 Å². The summed E-state index contributed by atoms with van der Waals surface area (Å²) in [6.07, 6.45) is 1.50. The Morgan fingerprint density at radius 2 is 2.12 bits per heavy atom. The molecule has 0 radical (unpaired) electrons. The molecule has 1 fully saturated rings. The van der Waals surface area contributed by atoms with Gasteiger partial charge in [0.25, 0.3) is 0 Å². The minimum absolute atomic E-state index is 0.151. The van der Waals surface area contributed by atoms with E-state index in [4.69, 9.17) is 4.74 Å². The number of nitrogens with zero attached hydrogens (tertiary/aromatic N) is 3. The maximum absolute atomic E-state index is 13.6. The molecule has 0 bridgehead atoms. The molecule has 24 heavy (non-hydrogen) atoms. The van der Waals surface area contributed by atoms with Crippen LogP contribution in [0.4, 0.5) is 14.9 Å². The maximum atomic E-state index is 13.6. The molecule has 0 saturated carbocycles. The number of carbonyl (C=O) groups is 1. The number of halogens is 1. The van der Waals surface area contributed by atoms with Crippen molar-refractivity contribution in [3.8, 4) is 5.88 Å². The summed E-state index contributed by atoms with van der Waals surface area (Å²) in [6.45, 7) is 2.89. The second-order valence-corrected chi connectivity index (χ2v) is 5.75. The molecule has 2 aromatic rings. The third-order valence-corrected chi connectivity index (χ3v) is 3.84. The van der Waals surface area contributed by atoms with Crippen LogP contribution >= 0.6 is 0 Å². The first-order valence-electron chi connectivity index (χ1n) is 7.89. The van der Waals surface area contributed by atoms with Crippen LogP contribution in [0.15, 0.2) is 36.4 Å². The molecule has 0 aliphatic carbocycles. The average Bonchev–Trinajstić information content (AvgIpc) is 2.59. The molecule has 2 amide bonds. The van der Waals surface area contributed by atoms with Gasteiger partial charge in [-0.25, -0.2) is 9.18 Å². The number of carbonyl (C=O) groups excluding carboxylic acids is 1. The number of benzene rings is 1. The smallest absolute Gasteiger partial charge is 0.322 e. The van der Waals surface area contributed by atoms with Crippen molar-refractivity contribution in [1.82, 2.24) is 15.1 Å². The zero-order valence-electron chi connectivity index (χ0n) is 13.4. The minimum Gasteiger partial charge on any atom is -0.471 e. The molecule has 1 saturated heterocycles. The summed E-state index contributed by atoms with van der Waals surface area (Å²) < 4.78 is 19.4. The van der Waals surface area contributed by atoms with E-state index in [1.807, 2.05) is 13.0 Å². The van der Waals surface area contributed by atoms with Crippen molar-refractivity contribution in [1.29, 1.82) is 0 Å². The number of urea groups is 1. The van der Waals surface area contributed by atoms with Crippen molar-refractivity contribution in [2.75, 3.05) is 18.4 Å². The Hall–Kier alpha value is -2.70. The summed E-state index contributed by atoms with van der Waals surface area (Å²) >= 11 is 0. The van der Waals surface area contributed by atoms with Crippen molar-refractivity contribution in [2.24, 2.45) is 0 Å². The van der Waals surface area contributed by atoms with Gasteiger partial charge >= 0.3 is 6.03 Å². The van der Waals surface area contributed by atoms with Crippen molar-refractivity contribution in [2.45, 2.75) is 25.9 Å². The third-order valence-electron chi connectivity index (χ3n) is 3.84. The predicted molar refractivity (Wildman–Crippen MR) is 87.4 cm³/mol. The second-order valence-electron chi connectivity index (χ2n) is 5.75. The Morgan fingerprint density at radius 1 is 1.29 bits per heavy atom. The van der Waals surface area contributed by atoms with E-state index in [-0.39, 0.29) is 17.8 Å². The zero-order valence-corrected chi connectivity index (χ0v) is 13.4. The fourth-order valence-electron chi connectivity index (χ4n) is 2.60. The molecule has 1 atom stereocenters. The van der Waals surface area contributed by atoms with Crippen LogP contribution in [0.25, 0.3) is 0 Å². The number of aryl methyl sites for hydroxylation is 1. The van der Waals surface area contributed by atoms with E-state index in [0.29, 0.717) is 19.0 Å². The first-order valence-corrected chi connectivity index (χ1v) is 7.89. The minimum atomic E-state index is -0.453. The number of para-hydroxylation sites is 1. The molecule has 1 aromatic carbocycles. The summed E-state index contributed by atoms with van der Waals surface area (Å²) in [4.78, 5) is 14.0. The number of piperidine rings is 1. The number of aromatic nitrogens is 2. The van der Waals surface area contributed by atoms with Gasteiger partial charge in [0.05, 0.1) is 17.9 Å². The quantitative estimate of drug-likeness (QED) is 0.939. The number of nitrogens with one attached hydrogen (secondary N) is 1. The number of amides is 2. The lowest BCUT2D eigenvalue weighted by Gasteiger charge is -2.32. The van der Waals surface area contributed by atoms with E-state index in [0.717, 1.165) is 18.5 Å². The highest BCUT2D eigenvalue weighted by atomic mass is 19.1. The Morgan fingerprint density at radius 3 is 2.88 bits per heavy atom. The van der Waals surface area contributed by atoms with Gasteiger partial charge in [-0.15, -0.1) is 5.10 Å². The number of likely N-dealkylation sites (tertiary alicyclic amines) is 1. The summed E-state index contributed by atoms with van der Waals surface area (Å²) in [5, 5.41) is 10.5. The van der Waals surface area contributed by atoms with Crippen molar-refractivity contribution in [3.05, 3.63) is 47.9 Å². The number of hydrogen-bond donors (Lipinski definition) is 1. The van der Waals surface area contributed by atoms with Crippen LogP contribution < -0.4 is 10.1 Å². The molecule has 1 unspecified atom stereocenters. The summed E-state index contributed by atoms with van der Waals surface area (Å²) in [5.74, 6) is -0.00690. The molecule has 3 rings (SSSR count). The number of hydrogen-bond acceptors (Lipinski definition) is 4. The lowest BCUT2D eigenvalue weighted by Crippen LogP contribution is -2.46. The molecular formula is C17H19FN4O2. The van der Waals surface area contributed by atoms with Gasteiger partial charge in [0.2, 0.25) is 5.88 Å². The standard InChI is InChI=1S/C17H19FN4O2/c1-12-8-9-16(21-20-12)24-13-5-4-10-22(11-13)17(23)19-15-7-3-2-6-14(15)18/h2-3,6-9,13H,4-5,10-11H2,1H3,(H,19,23). The highest BCUT2D eigenvalue weighted by molar-refractivity contribution is 5.89. The van der Waals surface area contributed by atoms with Gasteiger partial charge in [-0.2, -0.15) is 5.10 Å². The molecule has 0 spiro atoms. The maximum Gasteiger partial charge on any atom is 0.322 e. The Bertz CT molecular complexity index is 708. The van der Waals surface area contributed by atoms with Gasteiger partial charge in [0.15, 0.2) is 0 Å². The average molecular weight is 330 g/mol. The molecule has 1 N–H and O–H groups in total. The van der Waals surface area contributed by atoms with E-state index >= 15 is 0 Å². The van der Waals surface area contributed by atoms with Crippen LogP contribution in [0.5, 0.6) is 5.88 Å². The summed E-state index contributed by atoms with van der Waals surface area (Å²) in [7, 11) is 0. The van der Waals surface area contributed by atoms with Crippen molar-refractivity contribution < 1.29 is 13.9 Å². The number of rotatable bonds is 3. The van der Waals surface area contributed by atoms with Crippen molar-refractivity contribution in [3.63, 3.8) is 0 Å². The molecule has 126 valence electrons. The number of anilines is 1. The van der Waals surface area contributed by atoms with E-state index < -0.39 is 5.82 Å². The molecule has 6 nitrogen and oxygen atoms in total. The monoisotopic (exact) mass is 330 g/mol. The fraction of sp³-hybridized carbons (Fsp3) is 0.353. The lowest BCUT2D eigenvalue weighted by atomic mass is 10.1. The van der Waals surface area contributed by atoms with E-state index in [1.54, 1.807) is 23.1 Å². The summed E-state index contributed by atoms with van der Waals surface area (Å²) in [5.41, 5.74) is 0.992. The molecule has 1 aromatic heterocycles. The molecule has 1 aliphatic heterocycles. The van der Waals surface area contributed by atoms with Gasteiger partial charge in [0, 0.05) is 12.6 Å². The van der Waals surface area contributed by atoms with E-state index in [1.165, 1.54) is 12.1 Å². The largest absolute Gasteiger partial charge is 0.471 e. The molecular weight excluding hydrogens is 311 g/mol. The number of ether oxygens (including phenoxy) is 1. The second kappa shape index (κ2) is 7.25. The van der Waals surface area contributed by atoms with E-state index in [9.17, 15) is 9.18 Å². The normalized spacial score (nSPS) is 17.4. The lowest BCUT2D eigenvalue weighted by molar-refractivity contribution is 0.102. The molecule has 7 heteroatoms. The Balaban J connectivity index is 1.59. The molecule has 2 heterocycles. The van der Waals surface area contributed by atoms with Crippen LogP contribution in [-0.2, 0) is 0 Å². The van der Waals surface area contributed by atoms with Crippen molar-refractivity contribution >= 4 is 11.7 Å². The topological polar surface area (TPSA) is 67.3 Å².